The zero-order valence-electron chi connectivity index (χ0n) is 16.3. The SMILES string of the molecule is CN1CCC(N2CCN(C)[C@@]3(CCC(=O)N(CC4CC4)CC3)C2)CC1. The van der Waals surface area contributed by atoms with Gasteiger partial charge in [0.25, 0.3) is 0 Å². The van der Waals surface area contributed by atoms with Crippen LogP contribution in [0.3, 0.4) is 0 Å². The van der Waals surface area contributed by atoms with Gasteiger partial charge in [-0.2, -0.15) is 0 Å². The number of hydrogen-bond donors (Lipinski definition) is 0. The van der Waals surface area contributed by atoms with E-state index in [1.807, 2.05) is 0 Å². The zero-order valence-corrected chi connectivity index (χ0v) is 16.3. The summed E-state index contributed by atoms with van der Waals surface area (Å²) in [5.74, 6) is 1.21. The lowest BCUT2D eigenvalue weighted by atomic mass is 9.85. The van der Waals surface area contributed by atoms with E-state index in [9.17, 15) is 4.79 Å². The van der Waals surface area contributed by atoms with Crippen LogP contribution in [-0.2, 0) is 4.79 Å². The monoisotopic (exact) mass is 348 g/mol. The summed E-state index contributed by atoms with van der Waals surface area (Å²) in [5, 5.41) is 0. The lowest BCUT2D eigenvalue weighted by molar-refractivity contribution is -0.131. The number of likely N-dealkylation sites (N-methyl/N-ethyl adjacent to an activating group) is 1. The lowest BCUT2D eigenvalue weighted by Gasteiger charge is -2.52. The van der Waals surface area contributed by atoms with Gasteiger partial charge in [-0.15, -0.1) is 0 Å². The van der Waals surface area contributed by atoms with Crippen molar-refractivity contribution in [3.63, 3.8) is 0 Å². The Kier molecular flexibility index (Phi) is 5.09. The van der Waals surface area contributed by atoms with Crippen LogP contribution >= 0.6 is 0 Å². The lowest BCUT2D eigenvalue weighted by Crippen LogP contribution is -2.63. The largest absolute Gasteiger partial charge is 0.342 e. The fourth-order valence-corrected chi connectivity index (χ4v) is 5.20. The number of hydrogen-bond acceptors (Lipinski definition) is 4. The molecule has 5 heteroatoms. The standard InChI is InChI=1S/C20H36N4O/c1-21-10-6-18(7-11-21)24-14-13-22(2)20(16-24)8-5-19(25)23(12-9-20)15-17-3-4-17/h17-18H,3-16H2,1-2H3/t20-/m1/s1. The number of nitrogens with zero attached hydrogens (tertiary/aromatic N) is 4. The molecule has 0 aromatic heterocycles. The molecule has 4 aliphatic rings. The van der Waals surface area contributed by atoms with Crippen molar-refractivity contribution in [1.29, 1.82) is 0 Å². The van der Waals surface area contributed by atoms with Gasteiger partial charge in [0.1, 0.15) is 0 Å². The molecule has 3 heterocycles. The van der Waals surface area contributed by atoms with Crippen molar-refractivity contribution in [3.05, 3.63) is 0 Å². The summed E-state index contributed by atoms with van der Waals surface area (Å²) < 4.78 is 0. The van der Waals surface area contributed by atoms with Crippen molar-refractivity contribution in [2.75, 3.05) is 59.9 Å². The van der Waals surface area contributed by atoms with Crippen molar-refractivity contribution in [2.24, 2.45) is 5.92 Å². The fraction of sp³-hybridized carbons (Fsp3) is 0.950. The molecule has 0 aromatic carbocycles. The van der Waals surface area contributed by atoms with Crippen LogP contribution in [0.25, 0.3) is 0 Å². The number of rotatable bonds is 3. The minimum Gasteiger partial charge on any atom is -0.342 e. The van der Waals surface area contributed by atoms with E-state index in [0.717, 1.165) is 50.9 Å². The summed E-state index contributed by atoms with van der Waals surface area (Å²) in [6, 6.07) is 0.753. The smallest absolute Gasteiger partial charge is 0.222 e. The Morgan fingerprint density at radius 1 is 0.960 bits per heavy atom. The van der Waals surface area contributed by atoms with Crippen molar-refractivity contribution >= 4 is 5.91 Å². The number of carbonyl (C=O) groups excluding carboxylic acids is 1. The first-order valence-corrected chi connectivity index (χ1v) is 10.5. The second-order valence-electron chi connectivity index (χ2n) is 9.18. The molecule has 1 aliphatic carbocycles. The maximum absolute atomic E-state index is 12.6. The quantitative estimate of drug-likeness (QED) is 0.773. The molecular formula is C20H36N4O. The predicted octanol–water partition coefficient (Wildman–Crippen LogP) is 1.49. The van der Waals surface area contributed by atoms with E-state index < -0.39 is 0 Å². The molecule has 3 saturated heterocycles. The highest BCUT2D eigenvalue weighted by Crippen LogP contribution is 2.36. The van der Waals surface area contributed by atoms with Gasteiger partial charge < -0.3 is 9.80 Å². The molecule has 142 valence electrons. The van der Waals surface area contributed by atoms with Crippen molar-refractivity contribution in [3.8, 4) is 0 Å². The zero-order chi connectivity index (χ0) is 17.4. The summed E-state index contributed by atoms with van der Waals surface area (Å²) in [6.45, 7) is 7.99. The fourth-order valence-electron chi connectivity index (χ4n) is 5.20. The molecular weight excluding hydrogens is 312 g/mol. The van der Waals surface area contributed by atoms with Crippen LogP contribution in [0.4, 0.5) is 0 Å². The maximum atomic E-state index is 12.6. The maximum Gasteiger partial charge on any atom is 0.222 e. The first kappa shape index (κ1) is 17.7. The van der Waals surface area contributed by atoms with Crippen molar-refractivity contribution < 1.29 is 4.79 Å². The van der Waals surface area contributed by atoms with E-state index in [-0.39, 0.29) is 5.54 Å². The Hall–Kier alpha value is -0.650. The number of carbonyl (C=O) groups is 1. The summed E-state index contributed by atoms with van der Waals surface area (Å²) in [4.78, 5) is 22.6. The second kappa shape index (κ2) is 7.16. The van der Waals surface area contributed by atoms with Crippen LogP contribution in [0.15, 0.2) is 0 Å². The molecule has 1 saturated carbocycles. The van der Waals surface area contributed by atoms with Gasteiger partial charge in [-0.25, -0.2) is 0 Å². The van der Waals surface area contributed by atoms with E-state index in [4.69, 9.17) is 0 Å². The summed E-state index contributed by atoms with van der Waals surface area (Å²) in [7, 11) is 4.54. The highest BCUT2D eigenvalue weighted by molar-refractivity contribution is 5.76. The molecule has 1 spiro atoms. The summed E-state index contributed by atoms with van der Waals surface area (Å²) in [6.07, 6.45) is 8.24. The average Bonchev–Trinajstić information content (AvgIpc) is 3.44. The van der Waals surface area contributed by atoms with Crippen LogP contribution < -0.4 is 0 Å². The molecule has 0 aromatic rings. The third-order valence-corrected chi connectivity index (χ3v) is 7.41. The highest BCUT2D eigenvalue weighted by Gasteiger charge is 2.44. The molecule has 0 unspecified atom stereocenters. The topological polar surface area (TPSA) is 30.0 Å². The summed E-state index contributed by atoms with van der Waals surface area (Å²) in [5.41, 5.74) is 0.218. The van der Waals surface area contributed by atoms with Gasteiger partial charge in [-0.3, -0.25) is 14.6 Å². The van der Waals surface area contributed by atoms with Gasteiger partial charge in [0, 0.05) is 50.7 Å². The van der Waals surface area contributed by atoms with Gasteiger partial charge in [0.15, 0.2) is 0 Å². The van der Waals surface area contributed by atoms with E-state index in [1.165, 1.54) is 51.9 Å². The number of likely N-dealkylation sites (tertiary alicyclic amines) is 2. The van der Waals surface area contributed by atoms with Gasteiger partial charge >= 0.3 is 0 Å². The molecule has 3 aliphatic heterocycles. The first-order valence-electron chi connectivity index (χ1n) is 10.5. The van der Waals surface area contributed by atoms with Gasteiger partial charge in [-0.05, 0) is 71.6 Å². The second-order valence-corrected chi connectivity index (χ2v) is 9.18. The molecule has 0 radical (unpaired) electrons. The van der Waals surface area contributed by atoms with Crippen LogP contribution in [0.1, 0.15) is 44.9 Å². The Morgan fingerprint density at radius 2 is 1.72 bits per heavy atom. The third kappa shape index (κ3) is 3.88. The molecule has 0 bridgehead atoms. The minimum atomic E-state index is 0.218. The van der Waals surface area contributed by atoms with E-state index >= 15 is 0 Å². The molecule has 0 N–H and O–H groups in total. The molecule has 25 heavy (non-hydrogen) atoms. The number of piperidine rings is 1. The van der Waals surface area contributed by atoms with E-state index in [1.54, 1.807) is 0 Å². The highest BCUT2D eigenvalue weighted by atomic mass is 16.2. The Morgan fingerprint density at radius 3 is 2.44 bits per heavy atom. The number of piperazine rings is 1. The Balaban J connectivity index is 1.42. The van der Waals surface area contributed by atoms with Crippen LogP contribution in [0.5, 0.6) is 0 Å². The van der Waals surface area contributed by atoms with Gasteiger partial charge in [0.05, 0.1) is 0 Å². The van der Waals surface area contributed by atoms with Crippen molar-refractivity contribution in [2.45, 2.75) is 56.5 Å². The predicted molar refractivity (Wildman–Crippen MR) is 101 cm³/mol. The molecule has 1 amide bonds. The van der Waals surface area contributed by atoms with Gasteiger partial charge in [0.2, 0.25) is 5.91 Å². The Bertz CT molecular complexity index is 486. The van der Waals surface area contributed by atoms with E-state index in [0.29, 0.717) is 5.91 Å². The number of amides is 1. The van der Waals surface area contributed by atoms with Crippen LogP contribution in [-0.4, -0.2) is 97.0 Å². The van der Waals surface area contributed by atoms with Crippen LogP contribution in [0, 0.1) is 5.92 Å². The molecule has 4 fully saturated rings. The molecule has 5 nitrogen and oxygen atoms in total. The molecule has 4 rings (SSSR count). The first-order chi connectivity index (χ1) is 12.1. The van der Waals surface area contributed by atoms with Crippen LogP contribution in [0.2, 0.25) is 0 Å². The minimum absolute atomic E-state index is 0.218. The average molecular weight is 349 g/mol. The molecule has 1 atom stereocenters. The Labute approximate surface area is 153 Å². The third-order valence-electron chi connectivity index (χ3n) is 7.41. The normalized spacial score (nSPS) is 34.6. The summed E-state index contributed by atoms with van der Waals surface area (Å²) >= 11 is 0. The van der Waals surface area contributed by atoms with E-state index in [2.05, 4.69) is 33.7 Å². The van der Waals surface area contributed by atoms with Crippen molar-refractivity contribution in [1.82, 2.24) is 19.6 Å². The van der Waals surface area contributed by atoms with Gasteiger partial charge in [-0.1, -0.05) is 0 Å².